The lowest BCUT2D eigenvalue weighted by Gasteiger charge is -2.32. The van der Waals surface area contributed by atoms with Crippen molar-refractivity contribution in [1.29, 1.82) is 0 Å². The third-order valence-corrected chi connectivity index (χ3v) is 11.1. The number of para-hydroxylation sites is 5. The molecule has 0 fully saturated rings. The topological polar surface area (TPSA) is 32.8 Å². The summed E-state index contributed by atoms with van der Waals surface area (Å²) in [5, 5.41) is 7.86. The molecule has 0 saturated heterocycles. The van der Waals surface area contributed by atoms with Crippen LogP contribution in [0.1, 0.15) is 18.2 Å². The summed E-state index contributed by atoms with van der Waals surface area (Å²) >= 11 is 0. The van der Waals surface area contributed by atoms with Gasteiger partial charge in [-0.2, -0.15) is 0 Å². The SMILES string of the molecule is CC1C=Cc2oc3c(N(c4ccccc4)c4c5ccccc5c(N(c5ccccc5)c5cccc6c5oc5ccccc56)c5ccccc45)cccc3c2C1. The largest absolute Gasteiger partial charge is 0.454 e. The first-order valence-electron chi connectivity index (χ1n) is 19.0. The molecule has 11 rings (SSSR count). The van der Waals surface area contributed by atoms with E-state index in [1.807, 2.05) is 6.07 Å². The van der Waals surface area contributed by atoms with Crippen LogP contribution < -0.4 is 9.80 Å². The Labute approximate surface area is 318 Å². The highest BCUT2D eigenvalue weighted by Crippen LogP contribution is 2.53. The van der Waals surface area contributed by atoms with Crippen molar-refractivity contribution in [2.75, 3.05) is 9.80 Å². The van der Waals surface area contributed by atoms with E-state index >= 15 is 0 Å². The molecule has 2 aromatic heterocycles. The highest BCUT2D eigenvalue weighted by Gasteiger charge is 2.29. The van der Waals surface area contributed by atoms with Crippen molar-refractivity contribution in [1.82, 2.24) is 0 Å². The van der Waals surface area contributed by atoms with Gasteiger partial charge in [0.25, 0.3) is 0 Å². The van der Waals surface area contributed by atoms with Gasteiger partial charge < -0.3 is 18.6 Å². The molecule has 1 aliphatic carbocycles. The molecule has 0 spiro atoms. The average molecular weight is 709 g/mol. The van der Waals surface area contributed by atoms with Crippen molar-refractivity contribution >= 4 is 94.7 Å². The first-order valence-corrected chi connectivity index (χ1v) is 19.0. The summed E-state index contributed by atoms with van der Waals surface area (Å²) in [4.78, 5) is 4.80. The first-order chi connectivity index (χ1) is 27.2. The molecule has 0 amide bonds. The Bertz CT molecular complexity index is 3040. The van der Waals surface area contributed by atoms with Gasteiger partial charge in [-0.05, 0) is 60.9 Å². The second-order valence-corrected chi connectivity index (χ2v) is 14.5. The molecular weight excluding hydrogens is 673 g/mol. The van der Waals surface area contributed by atoms with Crippen molar-refractivity contribution in [2.24, 2.45) is 5.92 Å². The summed E-state index contributed by atoms with van der Waals surface area (Å²) in [7, 11) is 0. The monoisotopic (exact) mass is 708 g/mol. The maximum Gasteiger partial charge on any atom is 0.159 e. The van der Waals surface area contributed by atoms with Gasteiger partial charge in [-0.1, -0.05) is 140 Å². The van der Waals surface area contributed by atoms with E-state index in [1.165, 1.54) is 10.9 Å². The number of fused-ring (bicyclic) bond motifs is 8. The highest BCUT2D eigenvalue weighted by molar-refractivity contribution is 6.25. The number of furan rings is 2. The van der Waals surface area contributed by atoms with E-state index < -0.39 is 0 Å². The molecule has 1 atom stereocenters. The summed E-state index contributed by atoms with van der Waals surface area (Å²) in [5.74, 6) is 1.41. The number of anilines is 6. The van der Waals surface area contributed by atoms with Gasteiger partial charge in [0.1, 0.15) is 11.3 Å². The maximum atomic E-state index is 6.81. The van der Waals surface area contributed by atoms with Crippen LogP contribution in [0.15, 0.2) is 185 Å². The maximum absolute atomic E-state index is 6.81. The Balaban J connectivity index is 1.25. The number of allylic oxidation sites excluding steroid dienone is 1. The fraction of sp³-hybridized carbons (Fsp3) is 0.0588. The molecule has 8 aromatic carbocycles. The molecule has 0 saturated carbocycles. The van der Waals surface area contributed by atoms with Crippen molar-refractivity contribution in [3.05, 3.63) is 187 Å². The average Bonchev–Trinajstić information content (AvgIpc) is 3.81. The van der Waals surface area contributed by atoms with Crippen LogP contribution >= 0.6 is 0 Å². The summed E-state index contributed by atoms with van der Waals surface area (Å²) in [5.41, 5.74) is 10.2. The first kappa shape index (κ1) is 31.5. The van der Waals surface area contributed by atoms with Crippen LogP contribution in [0.4, 0.5) is 34.1 Å². The van der Waals surface area contributed by atoms with Crippen LogP contribution in [0.3, 0.4) is 0 Å². The molecule has 0 bridgehead atoms. The zero-order valence-electron chi connectivity index (χ0n) is 30.3. The minimum atomic E-state index is 0.459. The molecule has 2 heterocycles. The van der Waals surface area contributed by atoms with Crippen LogP contribution in [0, 0.1) is 5.92 Å². The quantitative estimate of drug-likeness (QED) is 0.127. The predicted octanol–water partition coefficient (Wildman–Crippen LogP) is 14.8. The van der Waals surface area contributed by atoms with Gasteiger partial charge in [0.15, 0.2) is 11.2 Å². The fourth-order valence-electron chi connectivity index (χ4n) is 8.74. The van der Waals surface area contributed by atoms with Crippen LogP contribution in [-0.4, -0.2) is 0 Å². The lowest BCUT2D eigenvalue weighted by molar-refractivity contribution is 0.584. The van der Waals surface area contributed by atoms with Crippen molar-refractivity contribution < 1.29 is 8.83 Å². The van der Waals surface area contributed by atoms with Gasteiger partial charge in [0.2, 0.25) is 0 Å². The van der Waals surface area contributed by atoms with E-state index in [4.69, 9.17) is 8.83 Å². The van der Waals surface area contributed by atoms with Gasteiger partial charge >= 0.3 is 0 Å². The molecule has 55 heavy (non-hydrogen) atoms. The number of benzene rings is 8. The summed E-state index contributed by atoms with van der Waals surface area (Å²) in [6.07, 6.45) is 5.37. The second kappa shape index (κ2) is 12.5. The smallest absolute Gasteiger partial charge is 0.159 e. The number of hydrogen-bond acceptors (Lipinski definition) is 4. The standard InChI is InChI=1S/C51H36N2O2/c1-33-30-31-47-43(32-33)42-26-15-28-45(51(42)55-47)53(35-18-6-3-7-19-35)49-39-23-10-8-21-37(39)48(38-22-9-11-24-40(38)49)52(34-16-4-2-5-17-34)44-27-14-25-41-36-20-12-13-29-46(36)54-50(41)44/h2-31,33H,32H2,1H3. The summed E-state index contributed by atoms with van der Waals surface area (Å²) in [6, 6.07) is 60.4. The van der Waals surface area contributed by atoms with E-state index in [9.17, 15) is 0 Å². The van der Waals surface area contributed by atoms with E-state index in [2.05, 4.69) is 193 Å². The molecule has 1 unspecified atom stereocenters. The molecule has 4 nitrogen and oxygen atoms in total. The normalized spacial score (nSPS) is 13.9. The van der Waals surface area contributed by atoms with Crippen LogP contribution in [-0.2, 0) is 6.42 Å². The zero-order chi connectivity index (χ0) is 36.5. The molecule has 0 N–H and O–H groups in total. The third-order valence-electron chi connectivity index (χ3n) is 11.1. The summed E-state index contributed by atoms with van der Waals surface area (Å²) < 4.78 is 13.5. The molecule has 262 valence electrons. The van der Waals surface area contributed by atoms with Crippen LogP contribution in [0.25, 0.3) is 60.5 Å². The Morgan fingerprint density at radius 1 is 0.436 bits per heavy atom. The highest BCUT2D eigenvalue weighted by atomic mass is 16.3. The third kappa shape index (κ3) is 4.92. The molecule has 10 aromatic rings. The van der Waals surface area contributed by atoms with Gasteiger partial charge in [-0.15, -0.1) is 0 Å². The Kier molecular flexibility index (Phi) is 7.17. The molecule has 4 heteroatoms. The van der Waals surface area contributed by atoms with E-state index in [-0.39, 0.29) is 0 Å². The second-order valence-electron chi connectivity index (χ2n) is 14.5. The Hall–Kier alpha value is -7.04. The molecule has 1 aliphatic rings. The van der Waals surface area contributed by atoms with E-state index in [1.54, 1.807) is 0 Å². The van der Waals surface area contributed by atoms with Crippen molar-refractivity contribution in [3.8, 4) is 0 Å². The van der Waals surface area contributed by atoms with Gasteiger partial charge in [-0.3, -0.25) is 0 Å². The van der Waals surface area contributed by atoms with Gasteiger partial charge in [0.05, 0.1) is 22.7 Å². The number of hydrogen-bond donors (Lipinski definition) is 0. The Morgan fingerprint density at radius 3 is 1.45 bits per heavy atom. The number of rotatable bonds is 6. The fourth-order valence-corrected chi connectivity index (χ4v) is 8.74. The lowest BCUT2D eigenvalue weighted by atomic mass is 9.93. The zero-order valence-corrected chi connectivity index (χ0v) is 30.3. The van der Waals surface area contributed by atoms with Crippen LogP contribution in [0.5, 0.6) is 0 Å². The van der Waals surface area contributed by atoms with Gasteiger partial charge in [0, 0.05) is 54.6 Å². The molecule has 0 aliphatic heterocycles. The van der Waals surface area contributed by atoms with Crippen LogP contribution in [0.2, 0.25) is 0 Å². The lowest BCUT2D eigenvalue weighted by Crippen LogP contribution is -2.15. The van der Waals surface area contributed by atoms with E-state index in [0.717, 1.165) is 95.4 Å². The predicted molar refractivity (Wildman–Crippen MR) is 230 cm³/mol. The summed E-state index contributed by atoms with van der Waals surface area (Å²) in [6.45, 7) is 2.27. The minimum absolute atomic E-state index is 0.459. The van der Waals surface area contributed by atoms with Crippen molar-refractivity contribution in [3.63, 3.8) is 0 Å². The molecular formula is C51H36N2O2. The van der Waals surface area contributed by atoms with Gasteiger partial charge in [-0.25, -0.2) is 0 Å². The Morgan fingerprint density at radius 2 is 0.891 bits per heavy atom. The van der Waals surface area contributed by atoms with E-state index in [0.29, 0.717) is 5.92 Å². The van der Waals surface area contributed by atoms with Crippen molar-refractivity contribution in [2.45, 2.75) is 13.3 Å². The minimum Gasteiger partial charge on any atom is -0.454 e. The number of nitrogens with zero attached hydrogens (tertiary/aromatic N) is 2. The molecule has 0 radical (unpaired) electrons.